The van der Waals surface area contributed by atoms with Gasteiger partial charge in [-0.05, 0) is 12.5 Å². The highest BCUT2D eigenvalue weighted by Gasteiger charge is 2.22. The number of rotatable bonds is 4. The third-order valence-electron chi connectivity index (χ3n) is 3.10. The Kier molecular flexibility index (Phi) is 4.39. The van der Waals surface area contributed by atoms with Gasteiger partial charge in [0.15, 0.2) is 0 Å². The van der Waals surface area contributed by atoms with Crippen LogP contribution in [0.3, 0.4) is 0 Å². The molecule has 1 aromatic carbocycles. The lowest BCUT2D eigenvalue weighted by Crippen LogP contribution is -2.41. The molecular weight excluding hydrogens is 266 g/mol. The summed E-state index contributed by atoms with van der Waals surface area (Å²) in [4.78, 5) is 22.2. The van der Waals surface area contributed by atoms with E-state index >= 15 is 0 Å². The molecule has 7 heteroatoms. The van der Waals surface area contributed by atoms with Crippen LogP contribution in [0.25, 0.3) is 0 Å². The number of hydrogen-bond donors (Lipinski definition) is 2. The van der Waals surface area contributed by atoms with E-state index in [1.807, 2.05) is 0 Å². The van der Waals surface area contributed by atoms with Crippen LogP contribution in [0.4, 0.5) is 5.69 Å². The van der Waals surface area contributed by atoms with E-state index in [0.29, 0.717) is 12.1 Å². The first-order valence-corrected chi connectivity index (χ1v) is 7.07. The minimum absolute atomic E-state index is 0.0593. The van der Waals surface area contributed by atoms with Crippen LogP contribution in [0.5, 0.6) is 0 Å². The average molecular weight is 281 g/mol. The van der Waals surface area contributed by atoms with Gasteiger partial charge in [-0.2, -0.15) is 0 Å². The molecule has 19 heavy (non-hydrogen) atoms. The average Bonchev–Trinajstić information content (AvgIpc) is 2.90. The highest BCUT2D eigenvalue weighted by Crippen LogP contribution is 2.21. The van der Waals surface area contributed by atoms with Crippen molar-refractivity contribution >= 4 is 23.4 Å². The summed E-state index contributed by atoms with van der Waals surface area (Å²) in [5.41, 5.74) is 1.45. The van der Waals surface area contributed by atoms with E-state index in [1.165, 1.54) is 6.07 Å². The maximum Gasteiger partial charge on any atom is 0.272 e. The first-order valence-electron chi connectivity index (χ1n) is 5.91. The van der Waals surface area contributed by atoms with Gasteiger partial charge in [-0.15, -0.1) is 11.8 Å². The van der Waals surface area contributed by atoms with Crippen molar-refractivity contribution in [3.05, 3.63) is 39.4 Å². The van der Waals surface area contributed by atoms with Crippen molar-refractivity contribution in [2.75, 3.05) is 11.6 Å². The number of amides is 1. The first-order chi connectivity index (χ1) is 9.09. The van der Waals surface area contributed by atoms with Crippen molar-refractivity contribution in [3.63, 3.8) is 0 Å². The van der Waals surface area contributed by atoms with Crippen LogP contribution < -0.4 is 10.6 Å². The fourth-order valence-electron chi connectivity index (χ4n) is 1.93. The Morgan fingerprint density at radius 1 is 1.63 bits per heavy atom. The van der Waals surface area contributed by atoms with Crippen LogP contribution in [0.1, 0.15) is 11.1 Å². The minimum atomic E-state index is -0.407. The molecule has 1 aliphatic heterocycles. The zero-order valence-corrected chi connectivity index (χ0v) is 11.3. The van der Waals surface area contributed by atoms with E-state index in [0.717, 1.165) is 17.2 Å². The molecule has 0 radical (unpaired) electrons. The van der Waals surface area contributed by atoms with Crippen LogP contribution in [0, 0.1) is 17.0 Å². The zero-order chi connectivity index (χ0) is 13.8. The van der Waals surface area contributed by atoms with E-state index in [-0.39, 0.29) is 17.6 Å². The lowest BCUT2D eigenvalue weighted by Gasteiger charge is -2.11. The summed E-state index contributed by atoms with van der Waals surface area (Å²) in [6.45, 7) is 2.01. The monoisotopic (exact) mass is 281 g/mol. The number of carbonyl (C=O) groups is 1. The molecule has 1 heterocycles. The van der Waals surface area contributed by atoms with Gasteiger partial charge in [0.2, 0.25) is 5.91 Å². The van der Waals surface area contributed by atoms with Crippen molar-refractivity contribution in [2.45, 2.75) is 19.5 Å². The number of nitro groups is 1. The second-order valence-corrected chi connectivity index (χ2v) is 5.34. The largest absolute Gasteiger partial charge is 0.351 e. The molecule has 1 atom stereocenters. The first kappa shape index (κ1) is 13.8. The lowest BCUT2D eigenvalue weighted by molar-refractivity contribution is -0.385. The van der Waals surface area contributed by atoms with Gasteiger partial charge in [0.25, 0.3) is 5.69 Å². The highest BCUT2D eigenvalue weighted by molar-refractivity contribution is 7.99. The standard InChI is InChI=1S/C12H15N3O3S/c1-8-9(3-2-4-11(8)15(17)18)5-13-12(16)10-6-19-7-14-10/h2-4,10,14H,5-7H2,1H3,(H,13,16). The third-order valence-corrected chi connectivity index (χ3v) is 4.04. The van der Waals surface area contributed by atoms with Gasteiger partial charge >= 0.3 is 0 Å². The number of carbonyl (C=O) groups excluding carboxylic acids is 1. The van der Waals surface area contributed by atoms with Gasteiger partial charge in [0.05, 0.1) is 11.0 Å². The Morgan fingerprint density at radius 2 is 2.42 bits per heavy atom. The van der Waals surface area contributed by atoms with E-state index in [1.54, 1.807) is 30.8 Å². The molecule has 1 fully saturated rings. The van der Waals surface area contributed by atoms with Crippen molar-refractivity contribution in [1.29, 1.82) is 0 Å². The Bertz CT molecular complexity index is 501. The third kappa shape index (κ3) is 3.24. The Hall–Kier alpha value is -1.60. The van der Waals surface area contributed by atoms with Gasteiger partial charge in [0.1, 0.15) is 0 Å². The van der Waals surface area contributed by atoms with Crippen molar-refractivity contribution < 1.29 is 9.72 Å². The Balaban J connectivity index is 2.01. The fraction of sp³-hybridized carbons (Fsp3) is 0.417. The van der Waals surface area contributed by atoms with Crippen molar-refractivity contribution in [2.24, 2.45) is 0 Å². The molecule has 2 N–H and O–H groups in total. The summed E-state index contributed by atoms with van der Waals surface area (Å²) in [6.07, 6.45) is 0. The molecule has 1 amide bonds. The predicted molar refractivity (Wildman–Crippen MR) is 73.9 cm³/mol. The van der Waals surface area contributed by atoms with E-state index < -0.39 is 4.92 Å². The van der Waals surface area contributed by atoms with Crippen LogP contribution in [-0.2, 0) is 11.3 Å². The second kappa shape index (κ2) is 6.03. The molecule has 1 aliphatic rings. The van der Waals surface area contributed by atoms with Crippen LogP contribution >= 0.6 is 11.8 Å². The molecule has 1 aromatic rings. The maximum absolute atomic E-state index is 11.8. The summed E-state index contributed by atoms with van der Waals surface area (Å²) in [6, 6.07) is 4.73. The SMILES string of the molecule is Cc1c(CNC(=O)C2CSCN2)cccc1[N+](=O)[O-]. The molecule has 0 spiro atoms. The predicted octanol–water partition coefficient (Wildman–Crippen LogP) is 1.18. The molecule has 2 rings (SSSR count). The van der Waals surface area contributed by atoms with E-state index in [4.69, 9.17) is 0 Å². The number of thioether (sulfide) groups is 1. The van der Waals surface area contributed by atoms with Crippen molar-refractivity contribution in [1.82, 2.24) is 10.6 Å². The molecule has 0 aliphatic carbocycles. The molecule has 1 saturated heterocycles. The molecule has 0 aromatic heterocycles. The van der Waals surface area contributed by atoms with Gasteiger partial charge in [0, 0.05) is 29.8 Å². The second-order valence-electron chi connectivity index (χ2n) is 4.31. The fourth-order valence-corrected chi connectivity index (χ4v) is 2.87. The number of nitro benzene ring substituents is 1. The number of hydrogen-bond acceptors (Lipinski definition) is 5. The van der Waals surface area contributed by atoms with Crippen LogP contribution in [0.15, 0.2) is 18.2 Å². The smallest absolute Gasteiger partial charge is 0.272 e. The Morgan fingerprint density at radius 3 is 3.05 bits per heavy atom. The maximum atomic E-state index is 11.8. The van der Waals surface area contributed by atoms with Crippen molar-refractivity contribution in [3.8, 4) is 0 Å². The number of nitrogens with one attached hydrogen (secondary N) is 2. The topological polar surface area (TPSA) is 84.3 Å². The summed E-state index contributed by atoms with van der Waals surface area (Å²) in [5, 5.41) is 16.7. The number of benzene rings is 1. The molecule has 0 saturated carbocycles. The molecular formula is C12H15N3O3S. The minimum Gasteiger partial charge on any atom is -0.351 e. The Labute approximate surface area is 115 Å². The van der Waals surface area contributed by atoms with E-state index in [2.05, 4.69) is 10.6 Å². The van der Waals surface area contributed by atoms with E-state index in [9.17, 15) is 14.9 Å². The van der Waals surface area contributed by atoms with Crippen LogP contribution in [0.2, 0.25) is 0 Å². The van der Waals surface area contributed by atoms with Gasteiger partial charge in [-0.25, -0.2) is 0 Å². The molecule has 0 bridgehead atoms. The normalized spacial score (nSPS) is 18.3. The van der Waals surface area contributed by atoms with Gasteiger partial charge in [-0.1, -0.05) is 12.1 Å². The number of nitrogens with zero attached hydrogens (tertiary/aromatic N) is 1. The summed E-state index contributed by atoms with van der Waals surface area (Å²) >= 11 is 1.68. The summed E-state index contributed by atoms with van der Waals surface area (Å²) < 4.78 is 0. The summed E-state index contributed by atoms with van der Waals surface area (Å²) in [5.74, 6) is 1.49. The van der Waals surface area contributed by atoms with Gasteiger partial charge < -0.3 is 5.32 Å². The summed E-state index contributed by atoms with van der Waals surface area (Å²) in [7, 11) is 0. The lowest BCUT2D eigenvalue weighted by atomic mass is 10.1. The molecule has 102 valence electrons. The zero-order valence-electron chi connectivity index (χ0n) is 10.5. The quantitative estimate of drug-likeness (QED) is 0.639. The molecule has 1 unspecified atom stereocenters. The highest BCUT2D eigenvalue weighted by atomic mass is 32.2. The molecule has 6 nitrogen and oxygen atoms in total. The van der Waals surface area contributed by atoms with Crippen LogP contribution in [-0.4, -0.2) is 28.5 Å². The van der Waals surface area contributed by atoms with Gasteiger partial charge in [-0.3, -0.25) is 20.2 Å².